The van der Waals surface area contributed by atoms with Gasteiger partial charge in [-0.25, -0.2) is 4.39 Å². The third-order valence-corrected chi connectivity index (χ3v) is 3.52. The van der Waals surface area contributed by atoms with E-state index in [1.807, 2.05) is 12.1 Å². The first-order valence-electron chi connectivity index (χ1n) is 6.65. The summed E-state index contributed by atoms with van der Waals surface area (Å²) >= 11 is 0. The quantitative estimate of drug-likeness (QED) is 0.912. The molecular weight excluding hydrogens is 271 g/mol. The zero-order chi connectivity index (χ0) is 14.8. The Bertz CT molecular complexity index is 701. The van der Waals surface area contributed by atoms with Crippen LogP contribution in [0.25, 0.3) is 0 Å². The number of carbonyl (C=O) groups excluding carboxylic acids is 1. The van der Waals surface area contributed by atoms with Gasteiger partial charge in [0.1, 0.15) is 11.6 Å². The van der Waals surface area contributed by atoms with Gasteiger partial charge in [0.05, 0.1) is 12.8 Å². The molecule has 0 unspecified atom stereocenters. The fourth-order valence-electron chi connectivity index (χ4n) is 2.36. The van der Waals surface area contributed by atoms with Crippen LogP contribution in [0.5, 0.6) is 5.75 Å². The minimum atomic E-state index is -0.494. The van der Waals surface area contributed by atoms with Crippen LogP contribution in [0.15, 0.2) is 36.4 Å². The first-order chi connectivity index (χ1) is 10.2. The molecule has 1 aliphatic heterocycles. The summed E-state index contributed by atoms with van der Waals surface area (Å²) in [4.78, 5) is 12.2. The topological polar surface area (TPSA) is 50.4 Å². The van der Waals surface area contributed by atoms with Crippen molar-refractivity contribution in [1.82, 2.24) is 5.32 Å². The Morgan fingerprint density at radius 1 is 1.19 bits per heavy atom. The van der Waals surface area contributed by atoms with E-state index in [1.165, 1.54) is 30.9 Å². The zero-order valence-electron chi connectivity index (χ0n) is 11.6. The summed E-state index contributed by atoms with van der Waals surface area (Å²) in [5.41, 5.74) is 2.92. The second-order valence-corrected chi connectivity index (χ2v) is 4.89. The van der Waals surface area contributed by atoms with Crippen LogP contribution in [-0.2, 0) is 13.1 Å². The summed E-state index contributed by atoms with van der Waals surface area (Å²) in [7, 11) is 1.49. The molecule has 0 bridgehead atoms. The van der Waals surface area contributed by atoms with Crippen LogP contribution < -0.4 is 15.4 Å². The van der Waals surface area contributed by atoms with Gasteiger partial charge in [-0.2, -0.15) is 0 Å². The number of fused-ring (bicyclic) bond motifs is 1. The number of halogens is 1. The minimum Gasteiger partial charge on any atom is -0.497 e. The van der Waals surface area contributed by atoms with Crippen LogP contribution >= 0.6 is 0 Å². The van der Waals surface area contributed by atoms with E-state index in [2.05, 4.69) is 10.6 Å². The second-order valence-electron chi connectivity index (χ2n) is 4.89. The smallest absolute Gasteiger partial charge is 0.255 e. The van der Waals surface area contributed by atoms with E-state index in [9.17, 15) is 9.18 Å². The molecule has 0 fully saturated rings. The van der Waals surface area contributed by atoms with E-state index in [4.69, 9.17) is 4.74 Å². The van der Waals surface area contributed by atoms with Gasteiger partial charge in [-0.15, -0.1) is 0 Å². The standard InChI is InChI=1S/C16H15FN2O2/c1-21-13-4-5-14(17)15(7-13)19-16(20)10-2-3-11-8-18-9-12(11)6-10/h2-7,18H,8-9H2,1H3,(H,19,20). The average Bonchev–Trinajstić information content (AvgIpc) is 2.96. The normalized spacial score (nSPS) is 12.9. The van der Waals surface area contributed by atoms with Gasteiger partial charge in [-0.05, 0) is 35.4 Å². The molecule has 0 spiro atoms. The molecule has 2 aromatic rings. The number of carbonyl (C=O) groups is 1. The Kier molecular flexibility index (Phi) is 3.58. The van der Waals surface area contributed by atoms with Crippen LogP contribution in [0.3, 0.4) is 0 Å². The summed E-state index contributed by atoms with van der Waals surface area (Å²) in [5, 5.41) is 5.80. The van der Waals surface area contributed by atoms with Crippen LogP contribution in [0.2, 0.25) is 0 Å². The van der Waals surface area contributed by atoms with E-state index in [0.29, 0.717) is 11.3 Å². The van der Waals surface area contributed by atoms with Gasteiger partial charge in [0.15, 0.2) is 0 Å². The van der Waals surface area contributed by atoms with E-state index >= 15 is 0 Å². The third kappa shape index (κ3) is 2.73. The van der Waals surface area contributed by atoms with Gasteiger partial charge in [0.25, 0.3) is 5.91 Å². The van der Waals surface area contributed by atoms with Gasteiger partial charge in [0, 0.05) is 24.7 Å². The number of ether oxygens (including phenoxy) is 1. The van der Waals surface area contributed by atoms with Gasteiger partial charge >= 0.3 is 0 Å². The summed E-state index contributed by atoms with van der Waals surface area (Å²) < 4.78 is 18.8. The number of anilines is 1. The number of hydrogen-bond acceptors (Lipinski definition) is 3. The van der Waals surface area contributed by atoms with Crippen LogP contribution in [0, 0.1) is 5.82 Å². The Morgan fingerprint density at radius 3 is 2.81 bits per heavy atom. The summed E-state index contributed by atoms with van der Waals surface area (Å²) in [6.07, 6.45) is 0. The van der Waals surface area contributed by atoms with Crippen LogP contribution in [0.4, 0.5) is 10.1 Å². The molecule has 0 aliphatic carbocycles. The Morgan fingerprint density at radius 2 is 2.00 bits per heavy atom. The SMILES string of the molecule is COc1ccc(F)c(NC(=O)c2ccc3c(c2)CNC3)c1. The number of hydrogen-bond donors (Lipinski definition) is 2. The molecule has 2 aromatic carbocycles. The van der Waals surface area contributed by atoms with Crippen LogP contribution in [-0.4, -0.2) is 13.0 Å². The molecule has 2 N–H and O–H groups in total. The maximum Gasteiger partial charge on any atom is 0.255 e. The number of methoxy groups -OCH3 is 1. The molecule has 3 rings (SSSR count). The molecule has 0 saturated carbocycles. The molecule has 5 heteroatoms. The summed E-state index contributed by atoms with van der Waals surface area (Å²) in [5.74, 6) is -0.339. The highest BCUT2D eigenvalue weighted by Crippen LogP contribution is 2.23. The molecule has 1 heterocycles. The van der Waals surface area contributed by atoms with Crippen molar-refractivity contribution in [3.05, 3.63) is 58.9 Å². The van der Waals surface area contributed by atoms with Crippen LogP contribution in [0.1, 0.15) is 21.5 Å². The fraction of sp³-hybridized carbons (Fsp3) is 0.188. The first kappa shape index (κ1) is 13.6. The van der Waals surface area contributed by atoms with Crippen molar-refractivity contribution in [2.75, 3.05) is 12.4 Å². The Hall–Kier alpha value is -2.40. The van der Waals surface area contributed by atoms with Crippen molar-refractivity contribution < 1.29 is 13.9 Å². The van der Waals surface area contributed by atoms with Gasteiger partial charge in [-0.1, -0.05) is 6.07 Å². The maximum atomic E-state index is 13.7. The van der Waals surface area contributed by atoms with Crippen molar-refractivity contribution in [3.63, 3.8) is 0 Å². The molecular formula is C16H15FN2O2. The fourth-order valence-corrected chi connectivity index (χ4v) is 2.36. The van der Waals surface area contributed by atoms with Gasteiger partial charge in [0.2, 0.25) is 0 Å². The third-order valence-electron chi connectivity index (χ3n) is 3.52. The Labute approximate surface area is 121 Å². The van der Waals surface area contributed by atoms with Crippen molar-refractivity contribution >= 4 is 11.6 Å². The number of amides is 1. The molecule has 1 amide bonds. The van der Waals surface area contributed by atoms with Gasteiger partial charge in [-0.3, -0.25) is 4.79 Å². The van der Waals surface area contributed by atoms with Crippen molar-refractivity contribution in [2.24, 2.45) is 0 Å². The lowest BCUT2D eigenvalue weighted by Crippen LogP contribution is -2.13. The highest BCUT2D eigenvalue weighted by Gasteiger charge is 2.15. The predicted octanol–water partition coefficient (Wildman–Crippen LogP) is 2.69. The van der Waals surface area contributed by atoms with Gasteiger partial charge < -0.3 is 15.4 Å². The van der Waals surface area contributed by atoms with Crippen molar-refractivity contribution in [1.29, 1.82) is 0 Å². The molecule has 0 atom stereocenters. The monoisotopic (exact) mass is 286 g/mol. The Balaban J connectivity index is 1.83. The van der Waals surface area contributed by atoms with Crippen molar-refractivity contribution in [3.8, 4) is 5.75 Å². The highest BCUT2D eigenvalue weighted by atomic mass is 19.1. The number of benzene rings is 2. The molecule has 0 radical (unpaired) electrons. The molecule has 4 nitrogen and oxygen atoms in total. The largest absolute Gasteiger partial charge is 0.497 e. The van der Waals surface area contributed by atoms with E-state index in [-0.39, 0.29) is 11.6 Å². The number of rotatable bonds is 3. The van der Waals surface area contributed by atoms with E-state index < -0.39 is 5.82 Å². The van der Waals surface area contributed by atoms with Crippen molar-refractivity contribution in [2.45, 2.75) is 13.1 Å². The zero-order valence-corrected chi connectivity index (χ0v) is 11.6. The minimum absolute atomic E-state index is 0.109. The lowest BCUT2D eigenvalue weighted by atomic mass is 10.1. The predicted molar refractivity (Wildman–Crippen MR) is 77.9 cm³/mol. The lowest BCUT2D eigenvalue weighted by Gasteiger charge is -2.09. The average molecular weight is 286 g/mol. The highest BCUT2D eigenvalue weighted by molar-refractivity contribution is 6.04. The lowest BCUT2D eigenvalue weighted by molar-refractivity contribution is 0.102. The molecule has 108 valence electrons. The summed E-state index contributed by atoms with van der Waals surface area (Å²) in [6.45, 7) is 1.58. The molecule has 21 heavy (non-hydrogen) atoms. The summed E-state index contributed by atoms with van der Waals surface area (Å²) in [6, 6.07) is 9.74. The number of nitrogens with one attached hydrogen (secondary N) is 2. The second kappa shape index (κ2) is 5.54. The van der Waals surface area contributed by atoms with E-state index in [0.717, 1.165) is 18.7 Å². The van der Waals surface area contributed by atoms with E-state index in [1.54, 1.807) is 6.07 Å². The molecule has 0 saturated heterocycles. The molecule has 1 aliphatic rings. The first-order valence-corrected chi connectivity index (χ1v) is 6.65. The molecule has 0 aromatic heterocycles. The maximum absolute atomic E-state index is 13.7.